The number of hydrogen-bond donors (Lipinski definition) is 1. The van der Waals surface area contributed by atoms with Gasteiger partial charge in [0.05, 0.1) is 10.3 Å². The van der Waals surface area contributed by atoms with E-state index in [1.165, 1.54) is 23.1 Å². The number of carbonyl (C=O) groups is 1. The van der Waals surface area contributed by atoms with E-state index in [1.54, 1.807) is 20.8 Å². The van der Waals surface area contributed by atoms with Gasteiger partial charge >= 0.3 is 6.09 Å². The number of nitrogens with zero attached hydrogens (tertiary/aromatic N) is 6. The predicted molar refractivity (Wildman–Crippen MR) is 104 cm³/mol. The quantitative estimate of drug-likeness (QED) is 0.341. The van der Waals surface area contributed by atoms with Crippen LogP contribution < -0.4 is 5.32 Å². The second-order valence-electron chi connectivity index (χ2n) is 6.38. The van der Waals surface area contributed by atoms with Crippen LogP contribution in [0.2, 0.25) is 0 Å². The lowest BCUT2D eigenvalue weighted by Crippen LogP contribution is -2.27. The number of hydrogen-bond acceptors (Lipinski definition) is 8. The van der Waals surface area contributed by atoms with E-state index in [0.717, 1.165) is 6.20 Å². The lowest BCUT2D eigenvalue weighted by atomic mass is 10.2. The molecule has 3 rings (SSSR count). The molecular formula is C15H14IN7O4. The highest BCUT2D eigenvalue weighted by molar-refractivity contribution is 14.1. The van der Waals surface area contributed by atoms with Gasteiger partial charge in [-0.15, -0.1) is 0 Å². The third-order valence-corrected chi connectivity index (χ3v) is 3.96. The minimum absolute atomic E-state index is 0.133. The molecule has 0 atom stereocenters. The lowest BCUT2D eigenvalue weighted by molar-refractivity contribution is -0.385. The maximum absolute atomic E-state index is 12.1. The van der Waals surface area contributed by atoms with E-state index in [9.17, 15) is 14.9 Å². The molecule has 0 spiro atoms. The number of rotatable bonds is 3. The van der Waals surface area contributed by atoms with E-state index in [1.807, 2.05) is 22.6 Å². The number of halogens is 1. The number of aromatic nitrogens is 5. The summed E-state index contributed by atoms with van der Waals surface area (Å²) in [7, 11) is 0. The fourth-order valence-electron chi connectivity index (χ4n) is 2.18. The van der Waals surface area contributed by atoms with Crippen LogP contribution >= 0.6 is 22.6 Å². The van der Waals surface area contributed by atoms with Crippen molar-refractivity contribution in [2.24, 2.45) is 0 Å². The summed E-state index contributed by atoms with van der Waals surface area (Å²) in [6.07, 6.45) is 1.75. The van der Waals surface area contributed by atoms with E-state index in [0.29, 0.717) is 20.6 Å². The van der Waals surface area contributed by atoms with Gasteiger partial charge in [0.15, 0.2) is 17.3 Å². The highest BCUT2D eigenvalue weighted by Gasteiger charge is 2.21. The molecule has 0 aliphatic rings. The summed E-state index contributed by atoms with van der Waals surface area (Å²) in [4.78, 5) is 34.7. The molecule has 0 aliphatic carbocycles. The molecule has 0 bridgehead atoms. The first kappa shape index (κ1) is 18.9. The minimum Gasteiger partial charge on any atom is -0.444 e. The van der Waals surface area contributed by atoms with Crippen molar-refractivity contribution < 1.29 is 14.5 Å². The molecule has 0 radical (unpaired) electrons. The maximum Gasteiger partial charge on any atom is 0.413 e. The fraction of sp³-hybridized carbons (Fsp3) is 0.267. The van der Waals surface area contributed by atoms with Crippen LogP contribution in [0.4, 0.5) is 16.3 Å². The van der Waals surface area contributed by atoms with Gasteiger partial charge in [-0.1, -0.05) is 0 Å². The van der Waals surface area contributed by atoms with Gasteiger partial charge in [-0.05, 0) is 49.4 Å². The van der Waals surface area contributed by atoms with Gasteiger partial charge in [-0.2, -0.15) is 9.78 Å². The van der Waals surface area contributed by atoms with E-state index in [-0.39, 0.29) is 11.5 Å². The Kier molecular flexibility index (Phi) is 4.91. The zero-order valence-electron chi connectivity index (χ0n) is 14.5. The molecule has 0 saturated heterocycles. The number of carbonyl (C=O) groups excluding carboxylic acids is 1. The monoisotopic (exact) mass is 483 g/mol. The van der Waals surface area contributed by atoms with Gasteiger partial charge < -0.3 is 4.74 Å². The summed E-state index contributed by atoms with van der Waals surface area (Å²) < 4.78 is 7.18. The largest absolute Gasteiger partial charge is 0.444 e. The summed E-state index contributed by atoms with van der Waals surface area (Å²) in [6.45, 7) is 5.26. The Labute approximate surface area is 166 Å². The van der Waals surface area contributed by atoms with Crippen LogP contribution in [0.5, 0.6) is 0 Å². The van der Waals surface area contributed by atoms with Gasteiger partial charge in [0.2, 0.25) is 0 Å². The highest BCUT2D eigenvalue weighted by Crippen LogP contribution is 2.27. The van der Waals surface area contributed by atoms with Gasteiger partial charge in [0.1, 0.15) is 21.8 Å². The van der Waals surface area contributed by atoms with Crippen LogP contribution in [0.1, 0.15) is 20.8 Å². The summed E-state index contributed by atoms with van der Waals surface area (Å²) >= 11 is 1.98. The van der Waals surface area contributed by atoms with Gasteiger partial charge in [-0.25, -0.2) is 19.7 Å². The summed E-state index contributed by atoms with van der Waals surface area (Å²) in [5.74, 6) is 0.585. The van der Waals surface area contributed by atoms with Gasteiger partial charge in [0.25, 0.3) is 5.69 Å². The Bertz CT molecular complexity index is 1030. The zero-order valence-corrected chi connectivity index (χ0v) is 16.7. The second kappa shape index (κ2) is 7.02. The molecule has 3 heterocycles. The first-order valence-electron chi connectivity index (χ1n) is 7.66. The van der Waals surface area contributed by atoms with Crippen LogP contribution in [-0.2, 0) is 4.74 Å². The summed E-state index contributed by atoms with van der Waals surface area (Å²) in [5.41, 5.74) is -0.399. The van der Waals surface area contributed by atoms with Crippen molar-refractivity contribution in [1.29, 1.82) is 0 Å². The number of nitro groups is 1. The van der Waals surface area contributed by atoms with Crippen LogP contribution in [0.3, 0.4) is 0 Å². The molecule has 1 N–H and O–H groups in total. The first-order chi connectivity index (χ1) is 12.7. The van der Waals surface area contributed by atoms with Crippen molar-refractivity contribution in [3.63, 3.8) is 0 Å². The first-order valence-corrected chi connectivity index (χ1v) is 8.73. The zero-order chi connectivity index (χ0) is 19.8. The highest BCUT2D eigenvalue weighted by atomic mass is 127. The normalized spacial score (nSPS) is 11.4. The minimum atomic E-state index is -0.657. The number of fused-ring (bicyclic) bond motifs is 1. The van der Waals surface area contributed by atoms with Crippen LogP contribution in [0.25, 0.3) is 16.9 Å². The Hall–Kier alpha value is -2.90. The Balaban J connectivity index is 2.01. The molecule has 11 nitrogen and oxygen atoms in total. The van der Waals surface area contributed by atoms with E-state index < -0.39 is 16.6 Å². The third kappa shape index (κ3) is 4.10. The molecule has 3 aromatic rings. The van der Waals surface area contributed by atoms with Crippen molar-refractivity contribution in [1.82, 2.24) is 24.7 Å². The topological polar surface area (TPSA) is 138 Å². The Morgan fingerprint density at radius 2 is 2.04 bits per heavy atom. The molecule has 0 aliphatic heterocycles. The molecule has 140 valence electrons. The summed E-state index contributed by atoms with van der Waals surface area (Å²) in [6, 6.07) is 2.79. The standard InChI is InChI=1S/C15H14IN7O4/c1-15(2,3)27-14(24)20-12-10-11(16)21-22(13(10)19-7-18-12)9-5-4-8(6-17-9)23(25)26/h4-7H,1-3H3,(H,18,19,20,24). The van der Waals surface area contributed by atoms with Gasteiger partial charge in [-0.3, -0.25) is 15.4 Å². The van der Waals surface area contributed by atoms with Gasteiger partial charge in [0, 0.05) is 6.07 Å². The molecular weight excluding hydrogens is 469 g/mol. The number of pyridine rings is 1. The Morgan fingerprint density at radius 3 is 2.63 bits per heavy atom. The molecule has 12 heteroatoms. The molecule has 3 aromatic heterocycles. The smallest absolute Gasteiger partial charge is 0.413 e. The van der Waals surface area contributed by atoms with Crippen molar-refractivity contribution in [2.45, 2.75) is 26.4 Å². The van der Waals surface area contributed by atoms with E-state index >= 15 is 0 Å². The summed E-state index contributed by atoms with van der Waals surface area (Å²) in [5, 5.41) is 18.2. The van der Waals surface area contributed by atoms with Crippen molar-refractivity contribution in [2.75, 3.05) is 5.32 Å². The molecule has 0 unspecified atom stereocenters. The van der Waals surface area contributed by atoms with Crippen molar-refractivity contribution >= 4 is 51.2 Å². The second-order valence-corrected chi connectivity index (χ2v) is 7.40. The lowest BCUT2D eigenvalue weighted by Gasteiger charge is -2.19. The number of ether oxygens (including phenoxy) is 1. The van der Waals surface area contributed by atoms with Crippen LogP contribution in [0, 0.1) is 13.8 Å². The third-order valence-electron chi connectivity index (χ3n) is 3.20. The number of nitrogens with one attached hydrogen (secondary N) is 1. The SMILES string of the molecule is CC(C)(C)OC(=O)Nc1ncnc2c1c(I)nn2-c1ccc([N+](=O)[O-])cn1. The van der Waals surface area contributed by atoms with Crippen molar-refractivity contribution in [3.8, 4) is 5.82 Å². The van der Waals surface area contributed by atoms with Crippen LogP contribution in [-0.4, -0.2) is 41.4 Å². The molecule has 0 aromatic carbocycles. The van der Waals surface area contributed by atoms with Crippen molar-refractivity contribution in [3.05, 3.63) is 38.5 Å². The van der Waals surface area contributed by atoms with E-state index in [4.69, 9.17) is 4.74 Å². The Morgan fingerprint density at radius 1 is 1.30 bits per heavy atom. The van der Waals surface area contributed by atoms with Crippen LogP contribution in [0.15, 0.2) is 24.7 Å². The number of anilines is 1. The molecule has 1 amide bonds. The average Bonchev–Trinajstić information content (AvgIpc) is 2.91. The molecule has 0 saturated carbocycles. The average molecular weight is 483 g/mol. The maximum atomic E-state index is 12.1. The molecule has 0 fully saturated rings. The predicted octanol–water partition coefficient (Wildman–Crippen LogP) is 3.07. The fourth-order valence-corrected chi connectivity index (χ4v) is 2.89. The molecule has 27 heavy (non-hydrogen) atoms. The number of amides is 1. The van der Waals surface area contributed by atoms with E-state index in [2.05, 4.69) is 25.4 Å².